The van der Waals surface area contributed by atoms with Crippen molar-refractivity contribution in [2.45, 2.75) is 45.3 Å². The molecule has 16 heavy (non-hydrogen) atoms. The Balaban J connectivity index is 2.01. The van der Waals surface area contributed by atoms with E-state index in [1.165, 1.54) is 12.8 Å². The minimum absolute atomic E-state index is 0.237. The van der Waals surface area contributed by atoms with Gasteiger partial charge in [-0.3, -0.25) is 4.90 Å². The quantitative estimate of drug-likeness (QED) is 0.681. The van der Waals surface area contributed by atoms with Gasteiger partial charge in [0.25, 0.3) is 0 Å². The van der Waals surface area contributed by atoms with Gasteiger partial charge in [0, 0.05) is 19.1 Å². The molecule has 0 amide bonds. The van der Waals surface area contributed by atoms with Crippen LogP contribution in [0.15, 0.2) is 0 Å². The van der Waals surface area contributed by atoms with Gasteiger partial charge in [-0.15, -0.1) is 0 Å². The molecule has 0 aromatic rings. The number of nitrogens with zero attached hydrogens (tertiary/aromatic N) is 2. The normalized spacial score (nSPS) is 41.6. The van der Waals surface area contributed by atoms with Gasteiger partial charge in [-0.1, -0.05) is 6.92 Å². The first-order valence-electron chi connectivity index (χ1n) is 6.46. The Morgan fingerprint density at radius 1 is 1.31 bits per heavy atom. The van der Waals surface area contributed by atoms with Crippen molar-refractivity contribution in [2.24, 2.45) is 11.8 Å². The molecule has 0 spiro atoms. The van der Waals surface area contributed by atoms with Crippen molar-refractivity contribution in [3.8, 4) is 6.07 Å². The molecule has 2 aliphatic rings. The summed E-state index contributed by atoms with van der Waals surface area (Å²) >= 11 is 0. The first-order valence-corrected chi connectivity index (χ1v) is 6.46. The van der Waals surface area contributed by atoms with E-state index in [4.69, 9.17) is 4.74 Å². The Kier molecular flexibility index (Phi) is 3.83. The molecule has 1 aliphatic carbocycles. The van der Waals surface area contributed by atoms with Gasteiger partial charge >= 0.3 is 0 Å². The molecule has 2 rings (SSSR count). The van der Waals surface area contributed by atoms with Gasteiger partial charge in [-0.05, 0) is 32.1 Å². The van der Waals surface area contributed by atoms with Gasteiger partial charge < -0.3 is 4.74 Å². The average molecular weight is 222 g/mol. The number of hydrogen-bond acceptors (Lipinski definition) is 3. The van der Waals surface area contributed by atoms with Gasteiger partial charge in [0.2, 0.25) is 0 Å². The Hall–Kier alpha value is -0.590. The molecule has 3 heteroatoms. The molecular weight excluding hydrogens is 200 g/mol. The lowest BCUT2D eigenvalue weighted by molar-refractivity contribution is -0.0486. The minimum atomic E-state index is 0.237. The lowest BCUT2D eigenvalue weighted by atomic mass is 9.79. The van der Waals surface area contributed by atoms with Crippen LogP contribution in [0.3, 0.4) is 0 Å². The summed E-state index contributed by atoms with van der Waals surface area (Å²) in [5.74, 6) is 1.01. The number of hydrogen-bond donors (Lipinski definition) is 0. The van der Waals surface area contributed by atoms with Gasteiger partial charge in [0.1, 0.15) is 0 Å². The van der Waals surface area contributed by atoms with Gasteiger partial charge in [-0.25, -0.2) is 0 Å². The lowest BCUT2D eigenvalue weighted by Gasteiger charge is -2.42. The highest BCUT2D eigenvalue weighted by molar-refractivity contribution is 4.97. The number of ether oxygens (including phenoxy) is 1. The van der Waals surface area contributed by atoms with Crippen LogP contribution in [0, 0.1) is 23.2 Å². The maximum atomic E-state index is 9.24. The maximum absolute atomic E-state index is 9.24. The van der Waals surface area contributed by atoms with Crippen molar-refractivity contribution in [1.82, 2.24) is 4.90 Å². The van der Waals surface area contributed by atoms with E-state index in [0.29, 0.717) is 12.1 Å². The average Bonchev–Trinajstić information content (AvgIpc) is 2.29. The second kappa shape index (κ2) is 5.16. The topological polar surface area (TPSA) is 36.3 Å². The molecule has 3 nitrogen and oxygen atoms in total. The number of morpholine rings is 1. The summed E-state index contributed by atoms with van der Waals surface area (Å²) in [5.41, 5.74) is 0. The van der Waals surface area contributed by atoms with Crippen LogP contribution in [0.1, 0.15) is 33.1 Å². The molecule has 0 bridgehead atoms. The second-order valence-electron chi connectivity index (χ2n) is 5.40. The van der Waals surface area contributed by atoms with Crippen LogP contribution in [-0.4, -0.2) is 36.7 Å². The summed E-state index contributed by atoms with van der Waals surface area (Å²) < 4.78 is 5.57. The molecule has 90 valence electrons. The van der Waals surface area contributed by atoms with Crippen molar-refractivity contribution in [3.05, 3.63) is 0 Å². The van der Waals surface area contributed by atoms with Crippen LogP contribution in [0.25, 0.3) is 0 Å². The Morgan fingerprint density at radius 3 is 2.81 bits per heavy atom. The van der Waals surface area contributed by atoms with Crippen LogP contribution in [0.4, 0.5) is 0 Å². The van der Waals surface area contributed by atoms with Crippen molar-refractivity contribution in [3.63, 3.8) is 0 Å². The Morgan fingerprint density at radius 2 is 2.12 bits per heavy atom. The van der Waals surface area contributed by atoms with E-state index in [2.05, 4.69) is 24.8 Å². The number of rotatable bonds is 1. The van der Waals surface area contributed by atoms with Crippen LogP contribution >= 0.6 is 0 Å². The summed E-state index contributed by atoms with van der Waals surface area (Å²) in [7, 11) is 0. The highest BCUT2D eigenvalue weighted by Crippen LogP contribution is 2.32. The summed E-state index contributed by atoms with van der Waals surface area (Å²) in [4.78, 5) is 2.48. The van der Waals surface area contributed by atoms with Crippen molar-refractivity contribution in [1.29, 1.82) is 5.26 Å². The zero-order valence-corrected chi connectivity index (χ0v) is 10.4. The predicted octanol–water partition coefficient (Wildman–Crippen LogP) is 2.04. The molecule has 0 aromatic heterocycles. The molecule has 4 unspecified atom stereocenters. The highest BCUT2D eigenvalue weighted by Gasteiger charge is 2.34. The van der Waals surface area contributed by atoms with E-state index >= 15 is 0 Å². The number of nitriles is 1. The van der Waals surface area contributed by atoms with Gasteiger partial charge in [0.15, 0.2) is 0 Å². The second-order valence-corrected chi connectivity index (χ2v) is 5.40. The zero-order valence-electron chi connectivity index (χ0n) is 10.4. The maximum Gasteiger partial charge on any atom is 0.0674 e. The van der Waals surface area contributed by atoms with Crippen molar-refractivity contribution in [2.75, 3.05) is 19.7 Å². The molecule has 1 saturated heterocycles. The summed E-state index contributed by atoms with van der Waals surface area (Å²) in [5, 5.41) is 9.24. The third-order valence-electron chi connectivity index (χ3n) is 3.99. The summed E-state index contributed by atoms with van der Waals surface area (Å²) in [6.45, 7) is 7.25. The SMILES string of the molecule is CC1CCC(C#N)C(N2CCOC(C)C2)C1. The third kappa shape index (κ3) is 2.56. The van der Waals surface area contributed by atoms with Gasteiger partial charge in [0.05, 0.1) is 24.7 Å². The minimum Gasteiger partial charge on any atom is -0.376 e. The van der Waals surface area contributed by atoms with E-state index in [1.807, 2.05) is 0 Å². The molecule has 0 aromatic carbocycles. The zero-order chi connectivity index (χ0) is 11.5. The Bertz CT molecular complexity index is 274. The van der Waals surface area contributed by atoms with Crippen LogP contribution in [0.2, 0.25) is 0 Å². The Labute approximate surface area is 98.4 Å². The van der Waals surface area contributed by atoms with Crippen molar-refractivity contribution < 1.29 is 4.74 Å². The predicted molar refractivity (Wildman–Crippen MR) is 62.9 cm³/mol. The third-order valence-corrected chi connectivity index (χ3v) is 3.99. The standard InChI is InChI=1S/C13H22N2O/c1-10-3-4-12(8-14)13(7-10)15-5-6-16-11(2)9-15/h10-13H,3-7,9H2,1-2H3. The monoisotopic (exact) mass is 222 g/mol. The summed E-state index contributed by atoms with van der Waals surface area (Å²) in [6.07, 6.45) is 3.80. The van der Waals surface area contributed by atoms with Crippen LogP contribution in [-0.2, 0) is 4.74 Å². The molecule has 0 N–H and O–H groups in total. The fraction of sp³-hybridized carbons (Fsp3) is 0.923. The highest BCUT2D eigenvalue weighted by atomic mass is 16.5. The van der Waals surface area contributed by atoms with E-state index in [-0.39, 0.29) is 5.92 Å². The summed E-state index contributed by atoms with van der Waals surface area (Å²) in [6, 6.07) is 2.98. The molecular formula is C13H22N2O. The fourth-order valence-electron chi connectivity index (χ4n) is 3.05. The fourth-order valence-corrected chi connectivity index (χ4v) is 3.05. The largest absolute Gasteiger partial charge is 0.376 e. The van der Waals surface area contributed by atoms with Crippen LogP contribution < -0.4 is 0 Å². The van der Waals surface area contributed by atoms with Crippen LogP contribution in [0.5, 0.6) is 0 Å². The first kappa shape index (κ1) is 11.9. The molecule has 0 radical (unpaired) electrons. The molecule has 4 atom stereocenters. The van der Waals surface area contributed by atoms with Gasteiger partial charge in [-0.2, -0.15) is 5.26 Å². The van der Waals surface area contributed by atoms with E-state index in [0.717, 1.165) is 32.0 Å². The van der Waals surface area contributed by atoms with E-state index in [9.17, 15) is 5.26 Å². The van der Waals surface area contributed by atoms with Crippen molar-refractivity contribution >= 4 is 0 Å². The lowest BCUT2D eigenvalue weighted by Crippen LogP contribution is -2.51. The first-order chi connectivity index (χ1) is 7.70. The molecule has 1 heterocycles. The van der Waals surface area contributed by atoms with E-state index in [1.54, 1.807) is 0 Å². The smallest absolute Gasteiger partial charge is 0.0674 e. The van der Waals surface area contributed by atoms with E-state index < -0.39 is 0 Å². The molecule has 1 aliphatic heterocycles. The molecule has 2 fully saturated rings. The molecule has 1 saturated carbocycles.